The summed E-state index contributed by atoms with van der Waals surface area (Å²) in [7, 11) is 0. The lowest BCUT2D eigenvalue weighted by Crippen LogP contribution is -2.28. The molecule has 0 bridgehead atoms. The monoisotopic (exact) mass is 876 g/mol. The Morgan fingerprint density at radius 2 is 0.754 bits per heavy atom. The highest BCUT2D eigenvalue weighted by Crippen LogP contribution is 2.56. The van der Waals surface area contributed by atoms with Gasteiger partial charge in [0.05, 0.1) is 16.4 Å². The van der Waals surface area contributed by atoms with Crippen LogP contribution in [0.25, 0.3) is 82.1 Å². The maximum Gasteiger partial charge on any atom is 0.0714 e. The van der Waals surface area contributed by atoms with E-state index >= 15 is 0 Å². The first-order valence-corrected chi connectivity index (χ1v) is 23.9. The first kappa shape index (κ1) is 39.2. The molecule has 12 aromatic carbocycles. The molecule has 14 rings (SSSR count). The summed E-state index contributed by atoms with van der Waals surface area (Å²) in [6.45, 7) is 0. The summed E-state index contributed by atoms with van der Waals surface area (Å²) in [5.41, 5.74) is 16.3. The number of benzene rings is 12. The number of rotatable bonds is 7. The van der Waals surface area contributed by atoms with Crippen molar-refractivity contribution in [2.45, 2.75) is 5.41 Å². The second-order valence-corrected chi connectivity index (χ2v) is 18.4. The van der Waals surface area contributed by atoms with Crippen LogP contribution in [-0.2, 0) is 5.41 Å². The van der Waals surface area contributed by atoms with Gasteiger partial charge in [0.15, 0.2) is 0 Å². The van der Waals surface area contributed by atoms with E-state index in [1.165, 1.54) is 93.1 Å². The van der Waals surface area contributed by atoms with E-state index in [1.54, 1.807) is 0 Å². The molecule has 0 radical (unpaired) electrons. The van der Waals surface area contributed by atoms with E-state index in [9.17, 15) is 0 Å². The summed E-state index contributed by atoms with van der Waals surface area (Å²) in [6, 6.07) is 98.7. The van der Waals surface area contributed by atoms with Gasteiger partial charge in [-0.15, -0.1) is 0 Å². The topological polar surface area (TPSA) is 8.17 Å². The normalized spacial score (nSPS) is 12.8. The van der Waals surface area contributed by atoms with Crippen LogP contribution in [0.5, 0.6) is 0 Å². The molecule has 0 saturated heterocycles. The minimum absolute atomic E-state index is 0.528. The molecule has 69 heavy (non-hydrogen) atoms. The second-order valence-electron chi connectivity index (χ2n) is 18.4. The van der Waals surface area contributed by atoms with Crippen molar-refractivity contribution in [3.05, 3.63) is 289 Å². The smallest absolute Gasteiger partial charge is 0.0714 e. The first-order chi connectivity index (χ1) is 34.2. The van der Waals surface area contributed by atoms with Crippen LogP contribution < -0.4 is 4.90 Å². The molecule has 0 N–H and O–H groups in total. The van der Waals surface area contributed by atoms with Gasteiger partial charge < -0.3 is 9.47 Å². The molecule has 2 nitrogen and oxygen atoms in total. The molecule has 0 spiro atoms. The maximum absolute atomic E-state index is 2.46. The van der Waals surface area contributed by atoms with Crippen LogP contribution in [0.3, 0.4) is 0 Å². The molecular weight excluding hydrogens is 833 g/mol. The summed E-state index contributed by atoms with van der Waals surface area (Å²) in [5, 5.41) is 10.1. The Morgan fingerprint density at radius 3 is 1.39 bits per heavy atom. The molecule has 0 atom stereocenters. The van der Waals surface area contributed by atoms with Gasteiger partial charge >= 0.3 is 0 Å². The van der Waals surface area contributed by atoms with Gasteiger partial charge in [0.2, 0.25) is 0 Å². The van der Waals surface area contributed by atoms with Gasteiger partial charge in [-0.2, -0.15) is 0 Å². The average molecular weight is 877 g/mol. The van der Waals surface area contributed by atoms with Gasteiger partial charge in [-0.05, 0) is 137 Å². The van der Waals surface area contributed by atoms with Crippen molar-refractivity contribution in [3.63, 3.8) is 0 Å². The first-order valence-electron chi connectivity index (χ1n) is 23.9. The van der Waals surface area contributed by atoms with E-state index in [1.807, 2.05) is 0 Å². The standard InChI is InChI=1S/C67H44N2/c1-2-19-47(20-3-1)67(63-32-12-8-28-58(63)59-29-9-13-33-64(59)67)48-21-17-23-51(43-48)68(52-40-41-57-55-26-5-4-24-53(55)54-25-6-7-27-56(54)62(57)44-52)49-38-36-45(37-39-49)46-18-16-22-50(42-46)69-65-34-14-10-30-60(65)61-31-11-15-35-66(61)69/h1-44H. The number of para-hydroxylation sites is 2. The van der Waals surface area contributed by atoms with Gasteiger partial charge in [0.1, 0.15) is 0 Å². The fraction of sp³-hybridized carbons (Fsp3) is 0.0149. The quantitative estimate of drug-likeness (QED) is 0.145. The highest BCUT2D eigenvalue weighted by atomic mass is 15.1. The van der Waals surface area contributed by atoms with Crippen molar-refractivity contribution in [1.82, 2.24) is 4.57 Å². The van der Waals surface area contributed by atoms with Crippen molar-refractivity contribution in [3.8, 4) is 27.9 Å². The van der Waals surface area contributed by atoms with Crippen molar-refractivity contribution in [2.24, 2.45) is 0 Å². The Kier molecular flexibility index (Phi) is 8.84. The number of nitrogens with zero attached hydrogens (tertiary/aromatic N) is 2. The average Bonchev–Trinajstić information content (AvgIpc) is 3.93. The summed E-state index contributed by atoms with van der Waals surface area (Å²) >= 11 is 0. The van der Waals surface area contributed by atoms with E-state index in [4.69, 9.17) is 0 Å². The predicted octanol–water partition coefficient (Wildman–Crippen LogP) is 17.7. The summed E-state index contributed by atoms with van der Waals surface area (Å²) in [5.74, 6) is 0. The highest BCUT2D eigenvalue weighted by molar-refractivity contribution is 6.26. The molecule has 0 amide bonds. The lowest BCUT2D eigenvalue weighted by molar-refractivity contribution is 0.768. The van der Waals surface area contributed by atoms with Crippen molar-refractivity contribution in [2.75, 3.05) is 4.90 Å². The van der Waals surface area contributed by atoms with E-state index in [0.717, 1.165) is 28.3 Å². The minimum Gasteiger partial charge on any atom is -0.310 e. The van der Waals surface area contributed by atoms with Crippen LogP contribution in [0, 0.1) is 0 Å². The van der Waals surface area contributed by atoms with E-state index in [2.05, 4.69) is 276 Å². The van der Waals surface area contributed by atoms with Gasteiger partial charge in [0.25, 0.3) is 0 Å². The molecule has 1 heterocycles. The van der Waals surface area contributed by atoms with Gasteiger partial charge in [-0.25, -0.2) is 0 Å². The summed E-state index contributed by atoms with van der Waals surface area (Å²) in [6.07, 6.45) is 0. The van der Waals surface area contributed by atoms with Crippen LogP contribution in [0.4, 0.5) is 17.1 Å². The Hall–Kier alpha value is -8.98. The van der Waals surface area contributed by atoms with E-state index in [0.29, 0.717) is 0 Å². The van der Waals surface area contributed by atoms with Crippen LogP contribution in [-0.4, -0.2) is 4.57 Å². The molecule has 2 heteroatoms. The van der Waals surface area contributed by atoms with Gasteiger partial charge in [0, 0.05) is 33.5 Å². The fourth-order valence-electron chi connectivity index (χ4n) is 11.9. The summed E-state index contributed by atoms with van der Waals surface area (Å²) in [4.78, 5) is 2.46. The predicted molar refractivity (Wildman–Crippen MR) is 291 cm³/mol. The SMILES string of the molecule is c1ccc(C2(c3cccc(N(c4ccc(-c5cccc(-n6c7ccccc7c7ccccc76)c5)cc4)c4ccc5c6ccccc6c6ccccc6c5c4)c3)c3ccccc3-c3ccccc32)cc1. The van der Waals surface area contributed by atoms with Gasteiger partial charge in [-0.1, -0.05) is 206 Å². The fourth-order valence-corrected chi connectivity index (χ4v) is 11.9. The summed E-state index contributed by atoms with van der Waals surface area (Å²) < 4.78 is 2.40. The zero-order valence-corrected chi connectivity index (χ0v) is 37.8. The third kappa shape index (κ3) is 5.92. The number of aromatic nitrogens is 1. The van der Waals surface area contributed by atoms with Crippen molar-refractivity contribution >= 4 is 71.2 Å². The highest BCUT2D eigenvalue weighted by Gasteiger charge is 2.46. The van der Waals surface area contributed by atoms with Crippen molar-refractivity contribution < 1.29 is 0 Å². The Bertz CT molecular complexity index is 4010. The maximum atomic E-state index is 2.46. The van der Waals surface area contributed by atoms with E-state index in [-0.39, 0.29) is 0 Å². The molecule has 0 fully saturated rings. The zero-order chi connectivity index (χ0) is 45.5. The molecule has 13 aromatic rings. The molecule has 1 aliphatic rings. The number of anilines is 3. The largest absolute Gasteiger partial charge is 0.310 e. The number of fused-ring (bicyclic) bond motifs is 12. The van der Waals surface area contributed by atoms with E-state index < -0.39 is 5.41 Å². The lowest BCUT2D eigenvalue weighted by Gasteiger charge is -2.35. The van der Waals surface area contributed by atoms with Crippen LogP contribution in [0.15, 0.2) is 267 Å². The molecule has 0 unspecified atom stereocenters. The van der Waals surface area contributed by atoms with Crippen LogP contribution in [0.1, 0.15) is 22.3 Å². The molecule has 1 aromatic heterocycles. The lowest BCUT2D eigenvalue weighted by atomic mass is 9.67. The third-order valence-corrected chi connectivity index (χ3v) is 14.8. The van der Waals surface area contributed by atoms with Crippen LogP contribution >= 0.6 is 0 Å². The van der Waals surface area contributed by atoms with Gasteiger partial charge in [-0.3, -0.25) is 0 Å². The Labute approximate surface area is 401 Å². The molecule has 1 aliphatic carbocycles. The third-order valence-electron chi connectivity index (χ3n) is 14.8. The molecule has 0 aliphatic heterocycles. The second kappa shape index (κ2) is 15.6. The Balaban J connectivity index is 0.963. The van der Waals surface area contributed by atoms with Crippen LogP contribution in [0.2, 0.25) is 0 Å². The molecule has 0 saturated carbocycles. The minimum atomic E-state index is -0.528. The number of hydrogen-bond acceptors (Lipinski definition) is 1. The zero-order valence-electron chi connectivity index (χ0n) is 37.8. The molecule has 322 valence electrons. The molecular formula is C67H44N2. The van der Waals surface area contributed by atoms with Crippen molar-refractivity contribution in [1.29, 1.82) is 0 Å². The number of hydrogen-bond donors (Lipinski definition) is 0. The Morgan fingerprint density at radius 1 is 0.275 bits per heavy atom.